The van der Waals surface area contributed by atoms with Gasteiger partial charge in [0.15, 0.2) is 0 Å². The average Bonchev–Trinajstić information content (AvgIpc) is 2.34. The van der Waals surface area contributed by atoms with Crippen molar-refractivity contribution in [2.45, 2.75) is 38.9 Å². The number of anilines is 1. The standard InChI is InChI=1S/C15H21F3N2O3S/c1-14(2,3)19-13(21)9-10-20(24(4,22)23)12-7-5-11(6-8-12)15(16,17)18/h5-8H,9-10H2,1-4H3,(H,19,21). The van der Waals surface area contributed by atoms with E-state index < -0.39 is 27.3 Å². The van der Waals surface area contributed by atoms with Crippen molar-refractivity contribution >= 4 is 21.6 Å². The molecule has 0 aromatic heterocycles. The topological polar surface area (TPSA) is 66.5 Å². The van der Waals surface area contributed by atoms with Crippen LogP contribution in [0.4, 0.5) is 18.9 Å². The van der Waals surface area contributed by atoms with E-state index in [-0.39, 0.29) is 24.6 Å². The summed E-state index contributed by atoms with van der Waals surface area (Å²) in [6, 6.07) is 3.77. The van der Waals surface area contributed by atoms with Gasteiger partial charge >= 0.3 is 6.18 Å². The van der Waals surface area contributed by atoms with E-state index in [1.54, 1.807) is 20.8 Å². The minimum Gasteiger partial charge on any atom is -0.351 e. The highest BCUT2D eigenvalue weighted by molar-refractivity contribution is 7.92. The summed E-state index contributed by atoms with van der Waals surface area (Å²) < 4.78 is 62.4. The Morgan fingerprint density at radius 1 is 1.12 bits per heavy atom. The van der Waals surface area contributed by atoms with Crippen LogP contribution in [0.3, 0.4) is 0 Å². The van der Waals surface area contributed by atoms with E-state index in [1.165, 1.54) is 0 Å². The summed E-state index contributed by atoms with van der Waals surface area (Å²) in [4.78, 5) is 11.8. The molecular formula is C15H21F3N2O3S. The van der Waals surface area contributed by atoms with Crippen LogP contribution in [0.1, 0.15) is 32.8 Å². The molecule has 5 nitrogen and oxygen atoms in total. The highest BCUT2D eigenvalue weighted by Gasteiger charge is 2.30. The van der Waals surface area contributed by atoms with Crippen molar-refractivity contribution in [1.82, 2.24) is 5.32 Å². The lowest BCUT2D eigenvalue weighted by Gasteiger charge is -2.24. The van der Waals surface area contributed by atoms with Crippen molar-refractivity contribution in [1.29, 1.82) is 0 Å². The first-order chi connectivity index (χ1) is 10.7. The van der Waals surface area contributed by atoms with Gasteiger partial charge in [-0.1, -0.05) is 0 Å². The quantitative estimate of drug-likeness (QED) is 0.871. The number of sulfonamides is 1. The second-order valence-electron chi connectivity index (χ2n) is 6.43. The van der Waals surface area contributed by atoms with Crippen LogP contribution < -0.4 is 9.62 Å². The van der Waals surface area contributed by atoms with Crippen LogP contribution in [0.25, 0.3) is 0 Å². The van der Waals surface area contributed by atoms with Crippen molar-refractivity contribution in [2.24, 2.45) is 0 Å². The summed E-state index contributed by atoms with van der Waals surface area (Å²) in [5.74, 6) is -0.344. The zero-order chi connectivity index (χ0) is 18.8. The smallest absolute Gasteiger partial charge is 0.351 e. The molecule has 0 bridgehead atoms. The van der Waals surface area contributed by atoms with Gasteiger partial charge < -0.3 is 5.32 Å². The third-order valence-electron chi connectivity index (χ3n) is 2.94. The number of nitrogens with one attached hydrogen (secondary N) is 1. The van der Waals surface area contributed by atoms with Gasteiger partial charge in [-0.3, -0.25) is 9.10 Å². The second kappa shape index (κ2) is 7.00. The maximum absolute atomic E-state index is 12.6. The Kier molecular flexibility index (Phi) is 5.91. The van der Waals surface area contributed by atoms with Crippen molar-refractivity contribution in [2.75, 3.05) is 17.1 Å². The van der Waals surface area contributed by atoms with Crippen molar-refractivity contribution in [3.8, 4) is 0 Å². The Labute approximate surface area is 139 Å². The van der Waals surface area contributed by atoms with E-state index in [1.807, 2.05) is 0 Å². The first-order valence-electron chi connectivity index (χ1n) is 7.16. The molecule has 0 heterocycles. The van der Waals surface area contributed by atoms with Gasteiger partial charge in [-0.15, -0.1) is 0 Å². The van der Waals surface area contributed by atoms with Gasteiger partial charge in [0.2, 0.25) is 15.9 Å². The lowest BCUT2D eigenvalue weighted by atomic mass is 10.1. The molecule has 0 fully saturated rings. The molecule has 0 unspecified atom stereocenters. The Morgan fingerprint density at radius 3 is 2.00 bits per heavy atom. The molecule has 1 aromatic carbocycles. The lowest BCUT2D eigenvalue weighted by Crippen LogP contribution is -2.42. The molecule has 0 spiro atoms. The molecular weight excluding hydrogens is 345 g/mol. The van der Waals surface area contributed by atoms with Gasteiger partial charge in [-0.2, -0.15) is 13.2 Å². The summed E-state index contributed by atoms with van der Waals surface area (Å²) >= 11 is 0. The maximum atomic E-state index is 12.6. The second-order valence-corrected chi connectivity index (χ2v) is 8.33. The van der Waals surface area contributed by atoms with Gasteiger partial charge in [0, 0.05) is 18.5 Å². The largest absolute Gasteiger partial charge is 0.416 e. The summed E-state index contributed by atoms with van der Waals surface area (Å²) in [6.45, 7) is 5.20. The number of amides is 1. The Balaban J connectivity index is 2.94. The molecule has 0 aliphatic heterocycles. The molecule has 24 heavy (non-hydrogen) atoms. The van der Waals surface area contributed by atoms with Crippen LogP contribution in [0.5, 0.6) is 0 Å². The fourth-order valence-corrected chi connectivity index (χ4v) is 2.91. The average molecular weight is 366 g/mol. The van der Waals surface area contributed by atoms with E-state index in [0.717, 1.165) is 34.8 Å². The van der Waals surface area contributed by atoms with Crippen LogP contribution in [0.15, 0.2) is 24.3 Å². The van der Waals surface area contributed by atoms with Gasteiger partial charge in [0.1, 0.15) is 0 Å². The van der Waals surface area contributed by atoms with Crippen LogP contribution in [-0.2, 0) is 21.0 Å². The lowest BCUT2D eigenvalue weighted by molar-refractivity contribution is -0.137. The third kappa shape index (κ3) is 6.38. The minimum absolute atomic E-state index is 0.0778. The normalized spacial score (nSPS) is 12.8. The number of hydrogen-bond acceptors (Lipinski definition) is 3. The molecule has 1 N–H and O–H groups in total. The molecule has 1 aromatic rings. The highest BCUT2D eigenvalue weighted by Crippen LogP contribution is 2.31. The van der Waals surface area contributed by atoms with Gasteiger partial charge in [-0.05, 0) is 45.0 Å². The van der Waals surface area contributed by atoms with Crippen molar-refractivity contribution in [3.05, 3.63) is 29.8 Å². The number of nitrogens with zero attached hydrogens (tertiary/aromatic N) is 1. The number of carbonyl (C=O) groups excluding carboxylic acids is 1. The predicted molar refractivity (Wildman–Crippen MR) is 86.1 cm³/mol. The molecule has 1 rings (SSSR count). The Bertz CT molecular complexity index is 677. The molecule has 136 valence electrons. The number of benzene rings is 1. The van der Waals surface area contributed by atoms with Crippen LogP contribution >= 0.6 is 0 Å². The molecule has 0 atom stereocenters. The van der Waals surface area contributed by atoms with Gasteiger partial charge in [0.25, 0.3) is 0 Å². The molecule has 9 heteroatoms. The number of alkyl halides is 3. The Morgan fingerprint density at radius 2 is 1.62 bits per heavy atom. The van der Waals surface area contributed by atoms with E-state index in [9.17, 15) is 26.4 Å². The van der Waals surface area contributed by atoms with E-state index in [2.05, 4.69) is 5.32 Å². The summed E-state index contributed by atoms with van der Waals surface area (Å²) in [5.41, 5.74) is -1.25. The summed E-state index contributed by atoms with van der Waals surface area (Å²) in [5, 5.41) is 2.70. The van der Waals surface area contributed by atoms with Crippen molar-refractivity contribution in [3.63, 3.8) is 0 Å². The summed E-state index contributed by atoms with van der Waals surface area (Å²) in [6.07, 6.45) is -3.67. The highest BCUT2D eigenvalue weighted by atomic mass is 32.2. The third-order valence-corrected chi connectivity index (χ3v) is 4.13. The van der Waals surface area contributed by atoms with Crippen LogP contribution in [0.2, 0.25) is 0 Å². The first kappa shape index (κ1) is 20.3. The van der Waals surface area contributed by atoms with E-state index in [4.69, 9.17) is 0 Å². The number of rotatable bonds is 5. The van der Waals surface area contributed by atoms with Gasteiger partial charge in [-0.25, -0.2) is 8.42 Å². The Hall–Kier alpha value is -1.77. The monoisotopic (exact) mass is 366 g/mol. The minimum atomic E-state index is -4.50. The molecule has 1 amide bonds. The van der Waals surface area contributed by atoms with Crippen molar-refractivity contribution < 1.29 is 26.4 Å². The molecule has 0 aliphatic carbocycles. The number of carbonyl (C=O) groups is 1. The van der Waals surface area contributed by atoms with Gasteiger partial charge in [0.05, 0.1) is 17.5 Å². The number of hydrogen-bond donors (Lipinski definition) is 1. The van der Waals surface area contributed by atoms with E-state index in [0.29, 0.717) is 0 Å². The molecule has 0 saturated heterocycles. The fourth-order valence-electron chi connectivity index (χ4n) is 1.99. The predicted octanol–water partition coefficient (Wildman–Crippen LogP) is 2.78. The molecule has 0 saturated carbocycles. The fraction of sp³-hybridized carbons (Fsp3) is 0.533. The molecule has 0 aliphatic rings. The molecule has 0 radical (unpaired) electrons. The maximum Gasteiger partial charge on any atom is 0.416 e. The first-order valence-corrected chi connectivity index (χ1v) is 9.01. The van der Waals surface area contributed by atoms with Crippen LogP contribution in [-0.4, -0.2) is 32.7 Å². The summed E-state index contributed by atoms with van der Waals surface area (Å²) in [7, 11) is -3.73. The SMILES string of the molecule is CC(C)(C)NC(=O)CCN(c1ccc(C(F)(F)F)cc1)S(C)(=O)=O. The zero-order valence-corrected chi connectivity index (χ0v) is 14.8. The zero-order valence-electron chi connectivity index (χ0n) is 13.9. The number of halogens is 3. The van der Waals surface area contributed by atoms with Crippen LogP contribution in [0, 0.1) is 0 Å². The van der Waals surface area contributed by atoms with E-state index >= 15 is 0 Å².